The Morgan fingerprint density at radius 3 is 2.76 bits per heavy atom. The highest BCUT2D eigenvalue weighted by molar-refractivity contribution is 5.94. The maximum atomic E-state index is 13.8. The molecular weight excluding hydrogens is 520 g/mol. The first-order chi connectivity index (χ1) is 19.7. The fourth-order valence-electron chi connectivity index (χ4n) is 6.79. The van der Waals surface area contributed by atoms with Crippen LogP contribution in [0.15, 0.2) is 42.7 Å². The lowest BCUT2D eigenvalue weighted by atomic mass is 9.83. The third kappa shape index (κ3) is 6.40. The molecule has 0 radical (unpaired) electrons. The number of likely N-dealkylation sites (tertiary alicyclic amines) is 2. The van der Waals surface area contributed by atoms with E-state index < -0.39 is 11.9 Å². The van der Waals surface area contributed by atoms with Crippen molar-refractivity contribution in [3.05, 3.63) is 53.9 Å². The average molecular weight is 563 g/mol. The molecular formula is C32H42N4O5. The van der Waals surface area contributed by atoms with Gasteiger partial charge in [-0.3, -0.25) is 24.3 Å². The number of pyridine rings is 1. The van der Waals surface area contributed by atoms with Crippen LogP contribution in [0.1, 0.15) is 63.5 Å². The van der Waals surface area contributed by atoms with Crippen LogP contribution in [-0.4, -0.2) is 83.0 Å². The van der Waals surface area contributed by atoms with Crippen LogP contribution in [0.25, 0.3) is 0 Å². The summed E-state index contributed by atoms with van der Waals surface area (Å²) in [4.78, 5) is 49.4. The van der Waals surface area contributed by atoms with E-state index in [9.17, 15) is 19.5 Å². The van der Waals surface area contributed by atoms with Gasteiger partial charge in [-0.15, -0.1) is 0 Å². The first-order valence-electron chi connectivity index (χ1n) is 14.9. The standard InChI is InChI=1S/C32H42N4O5/c1-4-5-13-36(24-7-6-12-33-18-24)29(38)20-35-19-25(22-8-9-27-23(16-22)11-15-41-27)30(31(39)40)26(35)10-14-34-21-32(2,3)17-28(34)37/h6-9,12,16,18,25-26,30H,4-5,10-11,13-15,17,19-21H2,1-3H3,(H,39,40)/t25-,26+,30?/m1/s1. The second kappa shape index (κ2) is 12.2. The van der Waals surface area contributed by atoms with E-state index in [0.717, 1.165) is 41.8 Å². The molecule has 2 fully saturated rings. The van der Waals surface area contributed by atoms with E-state index in [-0.39, 0.29) is 35.7 Å². The molecule has 2 saturated heterocycles. The van der Waals surface area contributed by atoms with E-state index >= 15 is 0 Å². The van der Waals surface area contributed by atoms with Crippen molar-refractivity contribution < 1.29 is 24.2 Å². The van der Waals surface area contributed by atoms with Crippen LogP contribution in [0.4, 0.5) is 5.69 Å². The van der Waals surface area contributed by atoms with E-state index in [1.54, 1.807) is 17.3 Å². The number of nitrogens with zero attached hydrogens (tertiary/aromatic N) is 4. The number of anilines is 1. The van der Waals surface area contributed by atoms with Gasteiger partial charge in [0.15, 0.2) is 0 Å². The number of aliphatic carboxylic acids is 1. The zero-order valence-electron chi connectivity index (χ0n) is 24.4. The molecule has 1 unspecified atom stereocenters. The normalized spacial score (nSPS) is 23.4. The summed E-state index contributed by atoms with van der Waals surface area (Å²) in [6.45, 7) is 9.18. The van der Waals surface area contributed by atoms with Crippen molar-refractivity contribution in [2.45, 2.75) is 64.8 Å². The summed E-state index contributed by atoms with van der Waals surface area (Å²) in [6, 6.07) is 9.33. The van der Waals surface area contributed by atoms with Gasteiger partial charge < -0.3 is 19.6 Å². The van der Waals surface area contributed by atoms with Crippen molar-refractivity contribution in [2.24, 2.45) is 11.3 Å². The maximum Gasteiger partial charge on any atom is 0.308 e. The fraction of sp³-hybridized carbons (Fsp3) is 0.562. The quantitative estimate of drug-likeness (QED) is 0.442. The Hall–Kier alpha value is -3.46. The van der Waals surface area contributed by atoms with Gasteiger partial charge in [0.05, 0.1) is 31.0 Å². The highest BCUT2D eigenvalue weighted by Gasteiger charge is 2.48. The molecule has 1 N–H and O–H groups in total. The Morgan fingerprint density at radius 1 is 1.24 bits per heavy atom. The van der Waals surface area contributed by atoms with Crippen molar-refractivity contribution in [3.8, 4) is 5.75 Å². The van der Waals surface area contributed by atoms with Gasteiger partial charge in [-0.2, -0.15) is 0 Å². The molecule has 0 saturated carbocycles. The predicted molar refractivity (Wildman–Crippen MR) is 156 cm³/mol. The van der Waals surface area contributed by atoms with Gasteiger partial charge in [-0.05, 0) is 47.6 Å². The number of benzene rings is 1. The molecule has 0 aliphatic carbocycles. The topological polar surface area (TPSA) is 103 Å². The second-order valence-electron chi connectivity index (χ2n) is 12.5. The number of carboxylic acid groups (broad SMARTS) is 1. The number of ether oxygens (including phenoxy) is 1. The van der Waals surface area contributed by atoms with Crippen molar-refractivity contribution >= 4 is 23.5 Å². The molecule has 1 aromatic carbocycles. The van der Waals surface area contributed by atoms with Gasteiger partial charge in [-0.25, -0.2) is 0 Å². The third-order valence-corrected chi connectivity index (χ3v) is 8.80. The van der Waals surface area contributed by atoms with Crippen molar-refractivity contribution in [1.29, 1.82) is 0 Å². The second-order valence-corrected chi connectivity index (χ2v) is 12.5. The highest BCUT2D eigenvalue weighted by Crippen LogP contribution is 2.41. The molecule has 2 aromatic rings. The number of aromatic nitrogens is 1. The third-order valence-electron chi connectivity index (χ3n) is 8.80. The molecule has 41 heavy (non-hydrogen) atoms. The molecule has 2 amide bonds. The van der Waals surface area contributed by atoms with E-state index in [2.05, 4.69) is 36.7 Å². The van der Waals surface area contributed by atoms with E-state index in [1.165, 1.54) is 0 Å². The molecule has 9 nitrogen and oxygen atoms in total. The molecule has 0 spiro atoms. The Balaban J connectivity index is 1.42. The summed E-state index contributed by atoms with van der Waals surface area (Å²) in [5.74, 6) is -0.932. The molecule has 220 valence electrons. The molecule has 5 rings (SSSR count). The van der Waals surface area contributed by atoms with Crippen LogP contribution < -0.4 is 9.64 Å². The van der Waals surface area contributed by atoms with Gasteiger partial charge >= 0.3 is 5.97 Å². The number of carbonyl (C=O) groups excluding carboxylic acids is 2. The van der Waals surface area contributed by atoms with Crippen LogP contribution in [-0.2, 0) is 20.8 Å². The first kappa shape index (κ1) is 29.0. The molecule has 1 aromatic heterocycles. The minimum Gasteiger partial charge on any atom is -0.493 e. The molecule has 4 heterocycles. The number of hydrogen-bond acceptors (Lipinski definition) is 6. The van der Waals surface area contributed by atoms with Crippen LogP contribution in [0.2, 0.25) is 0 Å². The number of fused-ring (bicyclic) bond motifs is 1. The summed E-state index contributed by atoms with van der Waals surface area (Å²) in [6.07, 6.45) is 7.00. The summed E-state index contributed by atoms with van der Waals surface area (Å²) in [5, 5.41) is 10.6. The van der Waals surface area contributed by atoms with Crippen molar-refractivity contribution in [2.75, 3.05) is 44.2 Å². The predicted octanol–water partition coefficient (Wildman–Crippen LogP) is 3.97. The average Bonchev–Trinajstić information content (AvgIpc) is 3.62. The molecule has 3 aliphatic heterocycles. The lowest BCUT2D eigenvalue weighted by Gasteiger charge is -2.31. The van der Waals surface area contributed by atoms with Gasteiger partial charge in [0, 0.05) is 57.2 Å². The Bertz CT molecular complexity index is 1270. The van der Waals surface area contributed by atoms with Gasteiger partial charge in [0.1, 0.15) is 5.75 Å². The Morgan fingerprint density at radius 2 is 2.07 bits per heavy atom. The van der Waals surface area contributed by atoms with E-state index in [0.29, 0.717) is 45.6 Å². The first-order valence-corrected chi connectivity index (χ1v) is 14.9. The number of amides is 2. The van der Waals surface area contributed by atoms with Crippen LogP contribution in [0.3, 0.4) is 0 Å². The maximum absolute atomic E-state index is 13.8. The minimum absolute atomic E-state index is 0.0676. The lowest BCUT2D eigenvalue weighted by Crippen LogP contribution is -2.45. The lowest BCUT2D eigenvalue weighted by molar-refractivity contribution is -0.143. The molecule has 3 aliphatic rings. The van der Waals surface area contributed by atoms with Gasteiger partial charge in [0.25, 0.3) is 0 Å². The zero-order valence-corrected chi connectivity index (χ0v) is 24.4. The minimum atomic E-state index is -0.866. The SMILES string of the molecule is CCCCN(C(=O)CN1C[C@H](c2ccc3c(c2)CCO3)C(C(=O)O)[C@@H]1CCN1CC(C)(C)CC1=O)c1cccnc1. The Kier molecular flexibility index (Phi) is 8.63. The summed E-state index contributed by atoms with van der Waals surface area (Å²) >= 11 is 0. The van der Waals surface area contributed by atoms with Gasteiger partial charge in [-0.1, -0.05) is 39.3 Å². The largest absolute Gasteiger partial charge is 0.493 e. The summed E-state index contributed by atoms with van der Waals surface area (Å²) in [7, 11) is 0. The van der Waals surface area contributed by atoms with Crippen LogP contribution in [0, 0.1) is 11.3 Å². The number of rotatable bonds is 11. The van der Waals surface area contributed by atoms with Crippen molar-refractivity contribution in [3.63, 3.8) is 0 Å². The van der Waals surface area contributed by atoms with Crippen molar-refractivity contribution in [1.82, 2.24) is 14.8 Å². The monoisotopic (exact) mass is 562 g/mol. The van der Waals surface area contributed by atoms with Gasteiger partial charge in [0.2, 0.25) is 11.8 Å². The number of unbranched alkanes of at least 4 members (excludes halogenated alkanes) is 1. The molecule has 9 heteroatoms. The number of hydrogen-bond donors (Lipinski definition) is 1. The fourth-order valence-corrected chi connectivity index (χ4v) is 6.79. The number of carbonyl (C=O) groups is 3. The number of carboxylic acids is 1. The smallest absolute Gasteiger partial charge is 0.308 e. The van der Waals surface area contributed by atoms with E-state index in [4.69, 9.17) is 4.74 Å². The summed E-state index contributed by atoms with van der Waals surface area (Å²) < 4.78 is 5.69. The molecule has 0 bridgehead atoms. The van der Waals surface area contributed by atoms with E-state index in [1.807, 2.05) is 29.2 Å². The zero-order chi connectivity index (χ0) is 29.1. The highest BCUT2D eigenvalue weighted by atomic mass is 16.5. The Labute approximate surface area is 242 Å². The van der Waals surface area contributed by atoms with Crippen LogP contribution >= 0.6 is 0 Å². The summed E-state index contributed by atoms with van der Waals surface area (Å²) in [5.41, 5.74) is 2.73. The molecule has 3 atom stereocenters. The van der Waals surface area contributed by atoms with Crippen LogP contribution in [0.5, 0.6) is 5.75 Å².